The van der Waals surface area contributed by atoms with Gasteiger partial charge in [0.2, 0.25) is 0 Å². The van der Waals surface area contributed by atoms with E-state index in [9.17, 15) is 9.59 Å². The molecular formula is C6H3IO3S. The van der Waals surface area contributed by atoms with Crippen LogP contribution in [0.15, 0.2) is 6.07 Å². The van der Waals surface area contributed by atoms with Crippen LogP contribution in [0.5, 0.6) is 0 Å². The zero-order valence-corrected chi connectivity index (χ0v) is 8.18. The van der Waals surface area contributed by atoms with E-state index in [0.29, 0.717) is 6.29 Å². The molecule has 58 valence electrons. The highest BCUT2D eigenvalue weighted by Gasteiger charge is 2.12. The predicted molar refractivity (Wildman–Crippen MR) is 49.4 cm³/mol. The molecule has 0 bridgehead atoms. The monoisotopic (exact) mass is 282 g/mol. The summed E-state index contributed by atoms with van der Waals surface area (Å²) in [6.07, 6.45) is 0.566. The molecule has 0 fully saturated rings. The van der Waals surface area contributed by atoms with Crippen molar-refractivity contribution in [2.75, 3.05) is 0 Å². The maximum atomic E-state index is 10.4. The van der Waals surface area contributed by atoms with Crippen molar-refractivity contribution in [3.05, 3.63) is 19.4 Å². The molecule has 0 aliphatic heterocycles. The number of aromatic carboxylic acids is 1. The van der Waals surface area contributed by atoms with Gasteiger partial charge >= 0.3 is 5.97 Å². The first-order valence-corrected chi connectivity index (χ1v) is 4.52. The Hall–Kier alpha value is -0.430. The summed E-state index contributed by atoms with van der Waals surface area (Å²) >= 11 is 3.16. The zero-order chi connectivity index (χ0) is 8.43. The lowest BCUT2D eigenvalue weighted by Crippen LogP contribution is -1.96. The van der Waals surface area contributed by atoms with Gasteiger partial charge in [0, 0.05) is 0 Å². The highest BCUT2D eigenvalue weighted by atomic mass is 127. The Morgan fingerprint density at radius 2 is 2.36 bits per heavy atom. The van der Waals surface area contributed by atoms with Gasteiger partial charge < -0.3 is 5.11 Å². The molecule has 0 amide bonds. The van der Waals surface area contributed by atoms with Gasteiger partial charge in [0.15, 0.2) is 6.29 Å². The average Bonchev–Trinajstić information content (AvgIpc) is 2.30. The van der Waals surface area contributed by atoms with Crippen molar-refractivity contribution in [1.29, 1.82) is 0 Å². The quantitative estimate of drug-likeness (QED) is 0.665. The van der Waals surface area contributed by atoms with Crippen LogP contribution in [0.25, 0.3) is 0 Å². The molecule has 0 aromatic carbocycles. The first-order valence-electron chi connectivity index (χ1n) is 2.63. The number of carbonyl (C=O) groups excluding carboxylic acids is 1. The van der Waals surface area contributed by atoms with Crippen molar-refractivity contribution in [2.45, 2.75) is 0 Å². The molecule has 0 saturated carbocycles. The lowest BCUT2D eigenvalue weighted by molar-refractivity contribution is 0.0695. The number of halogens is 1. The van der Waals surface area contributed by atoms with E-state index in [1.807, 2.05) is 22.6 Å². The topological polar surface area (TPSA) is 54.4 Å². The Bertz CT molecular complexity index is 305. The third-order valence-electron chi connectivity index (χ3n) is 1.07. The number of carboxylic acid groups (broad SMARTS) is 1. The van der Waals surface area contributed by atoms with E-state index in [2.05, 4.69) is 0 Å². The largest absolute Gasteiger partial charge is 0.478 e. The van der Waals surface area contributed by atoms with Crippen LogP contribution in [0, 0.1) is 2.88 Å². The van der Waals surface area contributed by atoms with Gasteiger partial charge in [0.05, 0.1) is 13.3 Å². The van der Waals surface area contributed by atoms with E-state index in [1.165, 1.54) is 17.4 Å². The molecule has 11 heavy (non-hydrogen) atoms. The molecule has 0 saturated heterocycles. The number of hydrogen-bond acceptors (Lipinski definition) is 3. The lowest BCUT2D eigenvalue weighted by Gasteiger charge is -1.85. The van der Waals surface area contributed by atoms with E-state index in [1.54, 1.807) is 0 Å². The Morgan fingerprint density at radius 3 is 2.73 bits per heavy atom. The van der Waals surface area contributed by atoms with E-state index in [4.69, 9.17) is 5.11 Å². The van der Waals surface area contributed by atoms with Crippen LogP contribution >= 0.6 is 33.9 Å². The zero-order valence-electron chi connectivity index (χ0n) is 5.20. The van der Waals surface area contributed by atoms with Crippen LogP contribution in [0.1, 0.15) is 20.0 Å². The van der Waals surface area contributed by atoms with Gasteiger partial charge in [-0.2, -0.15) is 0 Å². The maximum Gasteiger partial charge on any atom is 0.337 e. The molecule has 0 radical (unpaired) electrons. The van der Waals surface area contributed by atoms with E-state index >= 15 is 0 Å². The summed E-state index contributed by atoms with van der Waals surface area (Å²) in [5.41, 5.74) is 0.0920. The molecule has 0 atom stereocenters. The minimum absolute atomic E-state index is 0.0920. The van der Waals surface area contributed by atoms with Crippen molar-refractivity contribution in [2.24, 2.45) is 0 Å². The van der Waals surface area contributed by atoms with Gasteiger partial charge in [-0.1, -0.05) is 0 Å². The fourth-order valence-electron chi connectivity index (χ4n) is 0.629. The van der Waals surface area contributed by atoms with Crippen LogP contribution in [0.3, 0.4) is 0 Å². The molecule has 0 spiro atoms. The molecule has 1 rings (SSSR count). The normalized spacial score (nSPS) is 9.55. The SMILES string of the molecule is O=Cc1sc(I)cc1C(=O)O. The van der Waals surface area contributed by atoms with Crippen LogP contribution in [-0.2, 0) is 0 Å². The maximum absolute atomic E-state index is 10.4. The smallest absolute Gasteiger partial charge is 0.337 e. The van der Waals surface area contributed by atoms with Crippen molar-refractivity contribution in [3.63, 3.8) is 0 Å². The molecule has 0 unspecified atom stereocenters. The summed E-state index contributed by atoms with van der Waals surface area (Å²) in [5.74, 6) is -1.05. The summed E-state index contributed by atoms with van der Waals surface area (Å²) < 4.78 is 0.808. The van der Waals surface area contributed by atoms with Crippen molar-refractivity contribution in [1.82, 2.24) is 0 Å². The Morgan fingerprint density at radius 1 is 1.73 bits per heavy atom. The fourth-order valence-corrected chi connectivity index (χ4v) is 2.34. The third-order valence-corrected chi connectivity index (χ3v) is 2.89. The van der Waals surface area contributed by atoms with Gasteiger partial charge in [-0.15, -0.1) is 11.3 Å². The fraction of sp³-hybridized carbons (Fsp3) is 0. The summed E-state index contributed by atoms with van der Waals surface area (Å²) in [5, 5.41) is 8.55. The molecule has 5 heteroatoms. The molecule has 3 nitrogen and oxygen atoms in total. The summed E-state index contributed by atoms with van der Waals surface area (Å²) in [4.78, 5) is 21.0. The van der Waals surface area contributed by atoms with Gasteiger partial charge in [-0.3, -0.25) is 4.79 Å². The van der Waals surface area contributed by atoms with Crippen LogP contribution in [0.2, 0.25) is 0 Å². The predicted octanol–water partition coefficient (Wildman–Crippen LogP) is 1.86. The summed E-state index contributed by atoms with van der Waals surface area (Å²) in [7, 11) is 0. The van der Waals surface area contributed by atoms with Gasteiger partial charge in [0.1, 0.15) is 0 Å². The average molecular weight is 282 g/mol. The first-order chi connectivity index (χ1) is 5.15. The van der Waals surface area contributed by atoms with Gasteiger partial charge in [-0.05, 0) is 28.7 Å². The number of aldehydes is 1. The molecule has 0 aliphatic carbocycles. The molecular weight excluding hydrogens is 279 g/mol. The van der Waals surface area contributed by atoms with Crippen molar-refractivity contribution < 1.29 is 14.7 Å². The highest BCUT2D eigenvalue weighted by Crippen LogP contribution is 2.22. The second-order valence-corrected chi connectivity index (χ2v) is 4.73. The number of thiophene rings is 1. The Kier molecular flexibility index (Phi) is 2.61. The van der Waals surface area contributed by atoms with Crippen molar-refractivity contribution >= 4 is 46.2 Å². The standard InChI is InChI=1S/C6H3IO3S/c7-5-1-3(6(9)10)4(2-8)11-5/h1-2H,(H,9,10). The van der Waals surface area contributed by atoms with E-state index in [-0.39, 0.29) is 10.4 Å². The van der Waals surface area contributed by atoms with Crippen LogP contribution in [-0.4, -0.2) is 17.4 Å². The lowest BCUT2D eigenvalue weighted by atomic mass is 10.3. The number of rotatable bonds is 2. The molecule has 1 heterocycles. The summed E-state index contributed by atoms with van der Waals surface area (Å²) in [6, 6.07) is 1.48. The Balaban J connectivity index is 3.22. The van der Waals surface area contributed by atoms with Crippen LogP contribution in [0.4, 0.5) is 0 Å². The summed E-state index contributed by atoms with van der Waals surface area (Å²) in [6.45, 7) is 0. The van der Waals surface area contributed by atoms with E-state index < -0.39 is 5.97 Å². The molecule has 1 N–H and O–H groups in total. The molecule has 0 aliphatic rings. The minimum atomic E-state index is -1.05. The second-order valence-electron chi connectivity index (χ2n) is 1.75. The highest BCUT2D eigenvalue weighted by molar-refractivity contribution is 14.1. The van der Waals surface area contributed by atoms with E-state index in [0.717, 1.165) is 2.88 Å². The number of carboxylic acids is 1. The van der Waals surface area contributed by atoms with Gasteiger partial charge in [-0.25, -0.2) is 4.79 Å². The van der Waals surface area contributed by atoms with Gasteiger partial charge in [0.25, 0.3) is 0 Å². The molecule has 1 aromatic heterocycles. The third kappa shape index (κ3) is 1.78. The first kappa shape index (κ1) is 8.66. The van der Waals surface area contributed by atoms with Crippen LogP contribution < -0.4 is 0 Å². The second kappa shape index (κ2) is 3.31. The number of hydrogen-bond donors (Lipinski definition) is 1. The Labute approximate surface area is 80.2 Å². The number of carbonyl (C=O) groups is 2. The van der Waals surface area contributed by atoms with Crippen molar-refractivity contribution in [3.8, 4) is 0 Å². The minimum Gasteiger partial charge on any atom is -0.478 e. The molecule has 1 aromatic rings.